The van der Waals surface area contributed by atoms with E-state index in [-0.39, 0.29) is 0 Å². The maximum atomic E-state index is 2.51. The molecule has 0 atom stereocenters. The predicted octanol–water partition coefficient (Wildman–Crippen LogP) is 18.0. The molecule has 0 bridgehead atoms. The highest BCUT2D eigenvalue weighted by Crippen LogP contribution is 2.57. The summed E-state index contributed by atoms with van der Waals surface area (Å²) in [5.41, 5.74) is 17.4. The SMILES string of the molecule is c1ccc(-c2ccc(-c3cc4ccccc4c4ccccc34)cc2N(c2ccc(-c3cccc4ccccc34)cc2)c2ccc3c(c2)C(c2ccccc2)(c2ccccc2)c2ccccc2-3)cc1. The van der Waals surface area contributed by atoms with Crippen LogP contribution in [0.15, 0.2) is 273 Å². The first-order chi connectivity index (χ1) is 33.7. The highest BCUT2D eigenvalue weighted by molar-refractivity contribution is 6.14. The van der Waals surface area contributed by atoms with Crippen molar-refractivity contribution in [3.63, 3.8) is 0 Å². The monoisotopic (exact) mass is 863 g/mol. The van der Waals surface area contributed by atoms with Gasteiger partial charge in [-0.3, -0.25) is 0 Å². The van der Waals surface area contributed by atoms with Crippen LogP contribution in [0.4, 0.5) is 17.1 Å². The van der Waals surface area contributed by atoms with E-state index in [9.17, 15) is 0 Å². The summed E-state index contributed by atoms with van der Waals surface area (Å²) in [7, 11) is 0. The summed E-state index contributed by atoms with van der Waals surface area (Å²) in [6.45, 7) is 0. The molecule has 318 valence electrons. The van der Waals surface area contributed by atoms with Crippen molar-refractivity contribution in [3.8, 4) is 44.5 Å². The molecule has 12 aromatic rings. The molecule has 0 aliphatic heterocycles. The lowest BCUT2D eigenvalue weighted by Crippen LogP contribution is -2.28. The summed E-state index contributed by atoms with van der Waals surface area (Å²) in [4.78, 5) is 2.51. The Hall–Kier alpha value is -8.78. The highest BCUT2D eigenvalue weighted by Gasteiger charge is 2.46. The Morgan fingerprint density at radius 1 is 0.250 bits per heavy atom. The van der Waals surface area contributed by atoms with E-state index in [1.807, 2.05) is 0 Å². The summed E-state index contributed by atoms with van der Waals surface area (Å²) in [6, 6.07) is 101. The molecular weight excluding hydrogens is 819 g/mol. The molecule has 0 N–H and O–H groups in total. The van der Waals surface area contributed by atoms with Crippen molar-refractivity contribution in [2.75, 3.05) is 4.90 Å². The quantitative estimate of drug-likeness (QED) is 0.138. The first kappa shape index (κ1) is 39.6. The van der Waals surface area contributed by atoms with E-state index in [1.165, 1.54) is 82.4 Å². The van der Waals surface area contributed by atoms with E-state index in [2.05, 4.69) is 278 Å². The van der Waals surface area contributed by atoms with Crippen molar-refractivity contribution in [1.82, 2.24) is 0 Å². The van der Waals surface area contributed by atoms with E-state index in [0.29, 0.717) is 0 Å². The van der Waals surface area contributed by atoms with Gasteiger partial charge in [-0.05, 0) is 130 Å². The topological polar surface area (TPSA) is 3.24 Å². The van der Waals surface area contributed by atoms with Gasteiger partial charge in [0.2, 0.25) is 0 Å². The normalized spacial score (nSPS) is 12.5. The third-order valence-corrected chi connectivity index (χ3v) is 14.3. The molecule has 0 unspecified atom stereocenters. The molecule has 1 nitrogen and oxygen atoms in total. The van der Waals surface area contributed by atoms with Gasteiger partial charge in [0.05, 0.1) is 11.1 Å². The second-order valence-corrected chi connectivity index (χ2v) is 18.0. The van der Waals surface area contributed by atoms with Gasteiger partial charge in [-0.25, -0.2) is 0 Å². The molecule has 0 radical (unpaired) electrons. The average Bonchev–Trinajstić information content (AvgIpc) is 3.72. The summed E-state index contributed by atoms with van der Waals surface area (Å²) in [5, 5.41) is 7.47. The van der Waals surface area contributed by atoms with Crippen LogP contribution in [0.3, 0.4) is 0 Å². The number of benzene rings is 12. The molecule has 0 amide bonds. The van der Waals surface area contributed by atoms with Crippen LogP contribution in [0.1, 0.15) is 22.3 Å². The van der Waals surface area contributed by atoms with Gasteiger partial charge >= 0.3 is 0 Å². The molecule has 68 heavy (non-hydrogen) atoms. The smallest absolute Gasteiger partial charge is 0.0714 e. The van der Waals surface area contributed by atoms with Gasteiger partial charge in [-0.1, -0.05) is 237 Å². The van der Waals surface area contributed by atoms with Crippen LogP contribution in [0.5, 0.6) is 0 Å². The van der Waals surface area contributed by atoms with Crippen molar-refractivity contribution >= 4 is 49.4 Å². The second-order valence-electron chi connectivity index (χ2n) is 18.0. The molecule has 0 heterocycles. The number of fused-ring (bicyclic) bond motifs is 7. The third kappa shape index (κ3) is 6.32. The van der Waals surface area contributed by atoms with Crippen LogP contribution in [-0.4, -0.2) is 0 Å². The van der Waals surface area contributed by atoms with Crippen molar-refractivity contribution in [1.29, 1.82) is 0 Å². The maximum Gasteiger partial charge on any atom is 0.0714 e. The van der Waals surface area contributed by atoms with Gasteiger partial charge in [0.1, 0.15) is 0 Å². The molecule has 0 fully saturated rings. The predicted molar refractivity (Wildman–Crippen MR) is 287 cm³/mol. The third-order valence-electron chi connectivity index (χ3n) is 14.3. The number of rotatable bonds is 8. The molecule has 1 aliphatic rings. The van der Waals surface area contributed by atoms with Crippen molar-refractivity contribution in [2.45, 2.75) is 5.41 Å². The second kappa shape index (κ2) is 16.3. The zero-order chi connectivity index (χ0) is 45.0. The minimum Gasteiger partial charge on any atom is -0.310 e. The minimum atomic E-state index is -0.553. The minimum absolute atomic E-state index is 0.553. The lowest BCUT2D eigenvalue weighted by atomic mass is 9.67. The fraction of sp³-hybridized carbons (Fsp3) is 0.0149. The van der Waals surface area contributed by atoms with Crippen LogP contribution in [-0.2, 0) is 5.41 Å². The van der Waals surface area contributed by atoms with Gasteiger partial charge in [0.15, 0.2) is 0 Å². The van der Waals surface area contributed by atoms with Crippen LogP contribution >= 0.6 is 0 Å². The summed E-state index contributed by atoms with van der Waals surface area (Å²) < 4.78 is 0. The van der Waals surface area contributed by atoms with Crippen molar-refractivity contribution in [2.24, 2.45) is 0 Å². The molecule has 0 spiro atoms. The van der Waals surface area contributed by atoms with Crippen LogP contribution < -0.4 is 4.90 Å². The molecule has 12 aromatic carbocycles. The van der Waals surface area contributed by atoms with E-state index in [4.69, 9.17) is 0 Å². The fourth-order valence-electron chi connectivity index (χ4n) is 11.3. The molecular formula is C67H45N. The van der Waals surface area contributed by atoms with Crippen molar-refractivity contribution in [3.05, 3.63) is 295 Å². The average molecular weight is 864 g/mol. The Morgan fingerprint density at radius 3 is 1.51 bits per heavy atom. The van der Waals surface area contributed by atoms with Gasteiger partial charge in [-0.15, -0.1) is 0 Å². The van der Waals surface area contributed by atoms with Gasteiger partial charge in [0.25, 0.3) is 0 Å². The first-order valence-corrected chi connectivity index (χ1v) is 23.6. The van der Waals surface area contributed by atoms with E-state index in [0.717, 1.165) is 33.8 Å². The Balaban J connectivity index is 1.09. The van der Waals surface area contributed by atoms with E-state index < -0.39 is 5.41 Å². The Bertz CT molecular complexity index is 3790. The van der Waals surface area contributed by atoms with Gasteiger partial charge < -0.3 is 4.90 Å². The Kier molecular flexibility index (Phi) is 9.47. The first-order valence-electron chi connectivity index (χ1n) is 23.6. The largest absolute Gasteiger partial charge is 0.310 e. The fourth-order valence-corrected chi connectivity index (χ4v) is 11.3. The van der Waals surface area contributed by atoms with E-state index in [1.54, 1.807) is 0 Å². The molecule has 1 heteroatoms. The zero-order valence-corrected chi connectivity index (χ0v) is 37.4. The lowest BCUT2D eigenvalue weighted by molar-refractivity contribution is 0.768. The van der Waals surface area contributed by atoms with Crippen LogP contribution in [0.25, 0.3) is 76.8 Å². The van der Waals surface area contributed by atoms with Gasteiger partial charge in [0, 0.05) is 16.9 Å². The molecule has 0 aromatic heterocycles. The Morgan fingerprint density at radius 2 is 0.765 bits per heavy atom. The number of nitrogens with zero attached hydrogens (tertiary/aromatic N) is 1. The number of hydrogen-bond donors (Lipinski definition) is 0. The number of anilines is 3. The molecule has 1 aliphatic carbocycles. The summed E-state index contributed by atoms with van der Waals surface area (Å²) in [5.74, 6) is 0. The molecule has 13 rings (SSSR count). The summed E-state index contributed by atoms with van der Waals surface area (Å²) in [6.07, 6.45) is 0. The van der Waals surface area contributed by atoms with Crippen LogP contribution in [0, 0.1) is 0 Å². The Labute approximate surface area is 397 Å². The molecule has 0 saturated carbocycles. The molecule has 0 saturated heterocycles. The zero-order valence-electron chi connectivity index (χ0n) is 37.4. The van der Waals surface area contributed by atoms with Crippen LogP contribution in [0.2, 0.25) is 0 Å². The van der Waals surface area contributed by atoms with Crippen molar-refractivity contribution < 1.29 is 0 Å². The maximum absolute atomic E-state index is 2.51. The van der Waals surface area contributed by atoms with E-state index >= 15 is 0 Å². The lowest BCUT2D eigenvalue weighted by Gasteiger charge is -2.35. The standard InChI is InChI=1S/C67H45N/c1-4-19-47(20-5-1)58-41-37-50(63-43-49-22-11-13-29-57(49)59-30-14-15-31-60(59)63)44-66(58)68(53-38-35-48(36-39-53)56-33-18-23-46-21-10-12-28-55(46)56)54-40-42-62-61-32-16-17-34-64(61)67(65(62)45-54,51-24-6-2-7-25-51)52-26-8-3-9-27-52/h1-45H. The number of hydrogen-bond acceptors (Lipinski definition) is 1. The van der Waals surface area contributed by atoms with Gasteiger partial charge in [-0.2, -0.15) is 0 Å². The summed E-state index contributed by atoms with van der Waals surface area (Å²) >= 11 is 0. The highest BCUT2D eigenvalue weighted by atomic mass is 15.1.